The van der Waals surface area contributed by atoms with Gasteiger partial charge in [-0.05, 0) is 38.3 Å². The van der Waals surface area contributed by atoms with E-state index < -0.39 is 0 Å². The second-order valence-corrected chi connectivity index (χ2v) is 5.34. The fraction of sp³-hybridized carbons (Fsp3) is 0.625. The molecule has 0 amide bonds. The van der Waals surface area contributed by atoms with Crippen LogP contribution in [0.15, 0.2) is 24.3 Å². The van der Waals surface area contributed by atoms with E-state index in [0.29, 0.717) is 5.92 Å². The third-order valence-corrected chi connectivity index (χ3v) is 2.85. The van der Waals surface area contributed by atoms with E-state index in [1.165, 1.54) is 5.56 Å². The molecule has 1 rings (SSSR count). The van der Waals surface area contributed by atoms with Crippen LogP contribution in [-0.2, 0) is 6.54 Å². The smallest absolute Gasteiger partial charge is 0.124 e. The first-order valence-electron chi connectivity index (χ1n) is 7.08. The van der Waals surface area contributed by atoms with Crippen molar-refractivity contribution in [3.8, 4) is 5.75 Å². The number of nitrogens with one attached hydrogen (secondary N) is 1. The average Bonchev–Trinajstić information content (AvgIpc) is 2.30. The van der Waals surface area contributed by atoms with Gasteiger partial charge < -0.3 is 10.1 Å². The zero-order valence-electron chi connectivity index (χ0n) is 12.2. The second kappa shape index (κ2) is 8.15. The van der Waals surface area contributed by atoms with Crippen molar-refractivity contribution in [1.29, 1.82) is 0 Å². The summed E-state index contributed by atoms with van der Waals surface area (Å²) in [5.74, 6) is 1.69. The van der Waals surface area contributed by atoms with Crippen molar-refractivity contribution in [1.82, 2.24) is 5.32 Å². The van der Waals surface area contributed by atoms with Gasteiger partial charge in [0.15, 0.2) is 0 Å². The van der Waals surface area contributed by atoms with Gasteiger partial charge in [-0.1, -0.05) is 39.0 Å². The third-order valence-electron chi connectivity index (χ3n) is 2.85. The lowest BCUT2D eigenvalue weighted by Gasteiger charge is -2.19. The van der Waals surface area contributed by atoms with Crippen LogP contribution < -0.4 is 10.1 Å². The molecule has 1 N–H and O–H groups in total. The Bertz CT molecular complexity index is 336. The Hall–Kier alpha value is -1.02. The third kappa shape index (κ3) is 5.54. The van der Waals surface area contributed by atoms with Gasteiger partial charge in [-0.25, -0.2) is 0 Å². The van der Waals surface area contributed by atoms with Gasteiger partial charge in [-0.3, -0.25) is 0 Å². The lowest BCUT2D eigenvalue weighted by Crippen LogP contribution is -2.18. The summed E-state index contributed by atoms with van der Waals surface area (Å²) in [6, 6.07) is 8.32. The zero-order valence-corrected chi connectivity index (χ0v) is 12.2. The van der Waals surface area contributed by atoms with Crippen molar-refractivity contribution in [3.05, 3.63) is 29.8 Å². The Morgan fingerprint density at radius 1 is 1.17 bits per heavy atom. The van der Waals surface area contributed by atoms with Gasteiger partial charge in [0.1, 0.15) is 5.75 Å². The maximum absolute atomic E-state index is 6.05. The highest BCUT2D eigenvalue weighted by atomic mass is 16.5. The van der Waals surface area contributed by atoms with Gasteiger partial charge in [0, 0.05) is 12.1 Å². The number of ether oxygens (including phenoxy) is 1. The highest BCUT2D eigenvalue weighted by Crippen LogP contribution is 2.21. The molecule has 0 radical (unpaired) electrons. The molecule has 2 heteroatoms. The zero-order chi connectivity index (χ0) is 13.4. The SMILES string of the molecule is CCCNCc1ccccc1OC(C)CC(C)C. The molecule has 1 aromatic carbocycles. The summed E-state index contributed by atoms with van der Waals surface area (Å²) in [5, 5.41) is 3.43. The first-order chi connectivity index (χ1) is 8.63. The molecule has 0 heterocycles. The Morgan fingerprint density at radius 2 is 1.89 bits per heavy atom. The number of hydrogen-bond acceptors (Lipinski definition) is 2. The Labute approximate surface area is 112 Å². The molecule has 0 aliphatic heterocycles. The van der Waals surface area contributed by atoms with Crippen LogP contribution in [0.3, 0.4) is 0 Å². The van der Waals surface area contributed by atoms with Gasteiger partial charge in [0.2, 0.25) is 0 Å². The van der Waals surface area contributed by atoms with E-state index in [1.807, 2.05) is 6.07 Å². The van der Waals surface area contributed by atoms with Crippen LogP contribution in [0.4, 0.5) is 0 Å². The molecule has 0 saturated heterocycles. The summed E-state index contributed by atoms with van der Waals surface area (Å²) >= 11 is 0. The molecule has 0 aromatic heterocycles. The van der Waals surface area contributed by atoms with Crippen LogP contribution in [-0.4, -0.2) is 12.6 Å². The Balaban J connectivity index is 2.58. The molecule has 1 aromatic rings. The van der Waals surface area contributed by atoms with Gasteiger partial charge in [0.25, 0.3) is 0 Å². The lowest BCUT2D eigenvalue weighted by atomic mass is 10.1. The Morgan fingerprint density at radius 3 is 2.56 bits per heavy atom. The van der Waals surface area contributed by atoms with E-state index in [-0.39, 0.29) is 6.10 Å². The van der Waals surface area contributed by atoms with Crippen LogP contribution in [0.2, 0.25) is 0 Å². The van der Waals surface area contributed by atoms with Crippen molar-refractivity contribution in [3.63, 3.8) is 0 Å². The standard InChI is InChI=1S/C16H27NO/c1-5-10-17-12-15-8-6-7-9-16(15)18-14(4)11-13(2)3/h6-9,13-14,17H,5,10-12H2,1-4H3. The summed E-state index contributed by atoms with van der Waals surface area (Å²) in [5.41, 5.74) is 1.25. The topological polar surface area (TPSA) is 21.3 Å². The van der Waals surface area contributed by atoms with Crippen LogP contribution in [0.5, 0.6) is 5.75 Å². The molecule has 0 saturated carbocycles. The fourth-order valence-electron chi connectivity index (χ4n) is 2.09. The quantitative estimate of drug-likeness (QED) is 0.703. The largest absolute Gasteiger partial charge is 0.490 e. The van der Waals surface area contributed by atoms with Crippen molar-refractivity contribution in [2.45, 2.75) is 53.2 Å². The van der Waals surface area contributed by atoms with Crippen molar-refractivity contribution < 1.29 is 4.74 Å². The van der Waals surface area contributed by atoms with E-state index >= 15 is 0 Å². The highest BCUT2D eigenvalue weighted by Gasteiger charge is 2.09. The summed E-state index contributed by atoms with van der Waals surface area (Å²) in [6.07, 6.45) is 2.53. The first kappa shape index (κ1) is 15.0. The molecule has 0 aliphatic rings. The predicted octanol–water partition coefficient (Wildman–Crippen LogP) is 4.00. The number of benzene rings is 1. The van der Waals surface area contributed by atoms with Crippen LogP contribution in [0.25, 0.3) is 0 Å². The summed E-state index contributed by atoms with van der Waals surface area (Å²) < 4.78 is 6.05. The molecule has 0 aliphatic carbocycles. The van der Waals surface area contributed by atoms with Crippen LogP contribution in [0.1, 0.15) is 46.1 Å². The first-order valence-corrected chi connectivity index (χ1v) is 7.08. The van der Waals surface area contributed by atoms with Crippen molar-refractivity contribution >= 4 is 0 Å². The van der Waals surface area contributed by atoms with E-state index in [4.69, 9.17) is 4.74 Å². The highest BCUT2D eigenvalue weighted by molar-refractivity contribution is 5.33. The number of rotatable bonds is 8. The van der Waals surface area contributed by atoms with Gasteiger partial charge in [-0.15, -0.1) is 0 Å². The van der Waals surface area contributed by atoms with E-state index in [1.54, 1.807) is 0 Å². The molecule has 0 bridgehead atoms. The van der Waals surface area contributed by atoms with Crippen molar-refractivity contribution in [2.75, 3.05) is 6.54 Å². The molecule has 1 atom stereocenters. The minimum absolute atomic E-state index is 0.275. The Kier molecular flexibility index (Phi) is 6.81. The normalized spacial score (nSPS) is 12.7. The fourth-order valence-corrected chi connectivity index (χ4v) is 2.09. The second-order valence-electron chi connectivity index (χ2n) is 5.34. The minimum Gasteiger partial charge on any atom is -0.490 e. The molecular formula is C16H27NO. The van der Waals surface area contributed by atoms with Crippen LogP contribution in [0, 0.1) is 5.92 Å². The molecule has 2 nitrogen and oxygen atoms in total. The van der Waals surface area contributed by atoms with Gasteiger partial charge in [-0.2, -0.15) is 0 Å². The summed E-state index contributed by atoms with van der Waals surface area (Å²) in [7, 11) is 0. The van der Waals surface area contributed by atoms with Crippen LogP contribution >= 0.6 is 0 Å². The molecule has 0 spiro atoms. The molecule has 102 valence electrons. The number of hydrogen-bond donors (Lipinski definition) is 1. The number of para-hydroxylation sites is 1. The van der Waals surface area contributed by atoms with E-state index in [9.17, 15) is 0 Å². The van der Waals surface area contributed by atoms with E-state index in [2.05, 4.69) is 51.2 Å². The van der Waals surface area contributed by atoms with Gasteiger partial charge in [0.05, 0.1) is 6.10 Å². The maximum atomic E-state index is 6.05. The van der Waals surface area contributed by atoms with Crippen molar-refractivity contribution in [2.24, 2.45) is 5.92 Å². The average molecular weight is 249 g/mol. The predicted molar refractivity (Wildman–Crippen MR) is 78.0 cm³/mol. The molecular weight excluding hydrogens is 222 g/mol. The summed E-state index contributed by atoms with van der Waals surface area (Å²) in [6.45, 7) is 10.7. The monoisotopic (exact) mass is 249 g/mol. The summed E-state index contributed by atoms with van der Waals surface area (Å²) in [4.78, 5) is 0. The van der Waals surface area contributed by atoms with Gasteiger partial charge >= 0.3 is 0 Å². The minimum atomic E-state index is 0.275. The molecule has 1 unspecified atom stereocenters. The maximum Gasteiger partial charge on any atom is 0.124 e. The lowest BCUT2D eigenvalue weighted by molar-refractivity contribution is 0.191. The molecule has 0 fully saturated rings. The molecule has 18 heavy (non-hydrogen) atoms. The van der Waals surface area contributed by atoms with E-state index in [0.717, 1.165) is 31.7 Å².